The molecule has 5 nitrogen and oxygen atoms in total. The topological polar surface area (TPSA) is 76.1 Å². The molecular formula is C16H13ClN2O3S2. The summed E-state index contributed by atoms with van der Waals surface area (Å²) in [5.74, 6) is -0.110. The molecule has 0 radical (unpaired) electrons. The van der Waals surface area contributed by atoms with Crippen LogP contribution in [0.25, 0.3) is 10.2 Å². The Morgan fingerprint density at radius 2 is 2.04 bits per heavy atom. The molecule has 1 aromatic heterocycles. The second-order valence-electron chi connectivity index (χ2n) is 5.04. The van der Waals surface area contributed by atoms with Crippen molar-refractivity contribution in [3.63, 3.8) is 0 Å². The number of carbonyl (C=O) groups is 1. The number of sulfonamides is 1. The predicted octanol–water partition coefficient (Wildman–Crippen LogP) is 4.34. The fourth-order valence-corrected chi connectivity index (χ4v) is 4.58. The number of nitrogens with zero attached hydrogens (tertiary/aromatic N) is 1. The molecule has 0 fully saturated rings. The third-order valence-corrected chi connectivity index (χ3v) is 5.99. The summed E-state index contributed by atoms with van der Waals surface area (Å²) in [6.45, 7) is 1.73. The average molecular weight is 381 g/mol. The van der Waals surface area contributed by atoms with E-state index in [-0.39, 0.29) is 15.8 Å². The van der Waals surface area contributed by atoms with Gasteiger partial charge in [0.05, 0.1) is 15.1 Å². The van der Waals surface area contributed by atoms with E-state index in [0.29, 0.717) is 22.5 Å². The van der Waals surface area contributed by atoms with E-state index in [0.717, 1.165) is 4.70 Å². The largest absolute Gasteiger partial charge is 0.294 e. The van der Waals surface area contributed by atoms with E-state index in [1.807, 2.05) is 0 Å². The summed E-state index contributed by atoms with van der Waals surface area (Å²) in [6, 6.07) is 11.1. The van der Waals surface area contributed by atoms with Crippen molar-refractivity contribution in [3.8, 4) is 0 Å². The molecule has 0 atom stereocenters. The van der Waals surface area contributed by atoms with Gasteiger partial charge in [-0.05, 0) is 30.3 Å². The molecule has 0 unspecified atom stereocenters. The minimum Gasteiger partial charge on any atom is -0.294 e. The molecule has 124 valence electrons. The van der Waals surface area contributed by atoms with Crippen LogP contribution in [0, 0.1) is 0 Å². The normalized spacial score (nSPS) is 11.6. The lowest BCUT2D eigenvalue weighted by Crippen LogP contribution is -2.13. The van der Waals surface area contributed by atoms with Crippen molar-refractivity contribution in [1.82, 2.24) is 4.98 Å². The number of carbonyl (C=O) groups excluding carboxylic acids is 1. The number of Topliss-reactive ketones (excluding diaryl/α,β-unsaturated/α-hetero) is 1. The van der Waals surface area contributed by atoms with Gasteiger partial charge >= 0.3 is 0 Å². The van der Waals surface area contributed by atoms with E-state index in [2.05, 4.69) is 9.71 Å². The Morgan fingerprint density at radius 1 is 1.25 bits per heavy atom. The van der Waals surface area contributed by atoms with Gasteiger partial charge in [0.2, 0.25) is 0 Å². The van der Waals surface area contributed by atoms with Crippen molar-refractivity contribution in [2.45, 2.75) is 18.2 Å². The highest BCUT2D eigenvalue weighted by atomic mass is 35.5. The molecule has 0 saturated heterocycles. The Labute approximate surface area is 148 Å². The van der Waals surface area contributed by atoms with E-state index in [9.17, 15) is 13.2 Å². The smallest absolute Gasteiger partial charge is 0.263 e. The van der Waals surface area contributed by atoms with E-state index in [1.165, 1.54) is 23.5 Å². The van der Waals surface area contributed by atoms with Crippen molar-refractivity contribution in [2.24, 2.45) is 0 Å². The number of aromatic nitrogens is 1. The molecule has 1 N–H and O–H groups in total. The highest BCUT2D eigenvalue weighted by Gasteiger charge is 2.18. The number of halogens is 1. The molecule has 0 aliphatic rings. The maximum Gasteiger partial charge on any atom is 0.263 e. The first-order valence-corrected chi connectivity index (χ1v) is 9.79. The first-order valence-electron chi connectivity index (χ1n) is 7.11. The first kappa shape index (κ1) is 16.9. The third kappa shape index (κ3) is 3.43. The number of nitrogens with one attached hydrogen (secondary N) is 1. The van der Waals surface area contributed by atoms with Crippen LogP contribution >= 0.6 is 22.9 Å². The maximum atomic E-state index is 12.5. The molecule has 0 spiro atoms. The number of rotatable bonds is 5. The lowest BCUT2D eigenvalue weighted by atomic mass is 10.1. The molecule has 2 aromatic carbocycles. The molecule has 8 heteroatoms. The van der Waals surface area contributed by atoms with Gasteiger partial charge in [-0.2, -0.15) is 0 Å². The predicted molar refractivity (Wildman–Crippen MR) is 96.5 cm³/mol. The van der Waals surface area contributed by atoms with Crippen LogP contribution in [0.2, 0.25) is 5.02 Å². The van der Waals surface area contributed by atoms with E-state index < -0.39 is 10.0 Å². The van der Waals surface area contributed by atoms with Gasteiger partial charge < -0.3 is 0 Å². The van der Waals surface area contributed by atoms with Crippen LogP contribution in [0.15, 0.2) is 47.4 Å². The van der Waals surface area contributed by atoms with Crippen LogP contribution in [-0.2, 0) is 10.0 Å². The highest BCUT2D eigenvalue weighted by molar-refractivity contribution is 7.93. The molecule has 0 bridgehead atoms. The van der Waals surface area contributed by atoms with E-state index in [1.54, 1.807) is 37.3 Å². The minimum atomic E-state index is -3.82. The summed E-state index contributed by atoms with van der Waals surface area (Å²) in [5.41, 5.74) is 1.04. The summed E-state index contributed by atoms with van der Waals surface area (Å²) in [4.78, 5) is 16.0. The summed E-state index contributed by atoms with van der Waals surface area (Å²) in [5, 5.41) is 0.811. The van der Waals surface area contributed by atoms with Crippen molar-refractivity contribution < 1.29 is 13.2 Å². The zero-order valence-corrected chi connectivity index (χ0v) is 15.0. The monoisotopic (exact) mass is 380 g/mol. The van der Waals surface area contributed by atoms with Crippen molar-refractivity contribution in [2.75, 3.05) is 4.72 Å². The average Bonchev–Trinajstić information content (AvgIpc) is 2.94. The number of anilines is 1. The molecule has 0 aliphatic carbocycles. The zero-order chi connectivity index (χ0) is 17.3. The lowest BCUT2D eigenvalue weighted by molar-refractivity contribution is 0.0988. The van der Waals surface area contributed by atoms with Gasteiger partial charge in [0.1, 0.15) is 0 Å². The standard InChI is InChI=1S/C16H13ClN2O3S2/c1-2-14(20)10-4-3-5-12(8-10)24(21,22)19-16-18-13-7-6-11(17)9-15(13)23-16/h3-9H,2H2,1H3,(H,18,19). The number of thiazole rings is 1. The molecule has 1 heterocycles. The Hall–Kier alpha value is -1.96. The minimum absolute atomic E-state index is 0.0269. The van der Waals surface area contributed by atoms with E-state index in [4.69, 9.17) is 11.6 Å². The molecule has 0 amide bonds. The van der Waals surface area contributed by atoms with E-state index >= 15 is 0 Å². The van der Waals surface area contributed by atoms with Gasteiger partial charge in [-0.25, -0.2) is 13.4 Å². The van der Waals surface area contributed by atoms with Crippen LogP contribution in [0.3, 0.4) is 0 Å². The lowest BCUT2D eigenvalue weighted by Gasteiger charge is -2.06. The summed E-state index contributed by atoms with van der Waals surface area (Å²) in [6.07, 6.45) is 0.315. The molecule has 24 heavy (non-hydrogen) atoms. The second kappa shape index (κ2) is 6.51. The molecular weight excluding hydrogens is 368 g/mol. The number of benzene rings is 2. The van der Waals surface area contributed by atoms with Gasteiger partial charge in [0, 0.05) is 17.0 Å². The quantitative estimate of drug-likeness (QED) is 0.668. The Balaban J connectivity index is 1.94. The van der Waals surface area contributed by atoms with Crippen molar-refractivity contribution in [1.29, 1.82) is 0 Å². The Kier molecular flexibility index (Phi) is 4.58. The number of hydrogen-bond donors (Lipinski definition) is 1. The Bertz CT molecular complexity index is 1030. The van der Waals surface area contributed by atoms with Crippen LogP contribution < -0.4 is 4.72 Å². The highest BCUT2D eigenvalue weighted by Crippen LogP contribution is 2.29. The number of hydrogen-bond acceptors (Lipinski definition) is 5. The van der Waals surface area contributed by atoms with Crippen LogP contribution in [0.1, 0.15) is 23.7 Å². The van der Waals surface area contributed by atoms with Gasteiger partial charge in [-0.1, -0.05) is 42.0 Å². The summed E-state index contributed by atoms with van der Waals surface area (Å²) < 4.78 is 28.3. The summed E-state index contributed by atoms with van der Waals surface area (Å²) in [7, 11) is -3.82. The van der Waals surface area contributed by atoms with Gasteiger partial charge in [0.25, 0.3) is 10.0 Å². The van der Waals surface area contributed by atoms with Gasteiger partial charge in [0.15, 0.2) is 10.9 Å². The number of fused-ring (bicyclic) bond motifs is 1. The van der Waals surface area contributed by atoms with Crippen molar-refractivity contribution >= 4 is 54.1 Å². The third-order valence-electron chi connectivity index (χ3n) is 3.36. The van der Waals surface area contributed by atoms with Crippen LogP contribution in [-0.4, -0.2) is 19.2 Å². The van der Waals surface area contributed by atoms with Crippen LogP contribution in [0.5, 0.6) is 0 Å². The molecule has 0 aliphatic heterocycles. The Morgan fingerprint density at radius 3 is 2.79 bits per heavy atom. The molecule has 0 saturated carbocycles. The molecule has 3 rings (SSSR count). The summed E-state index contributed by atoms with van der Waals surface area (Å²) >= 11 is 7.12. The van der Waals surface area contributed by atoms with Gasteiger partial charge in [-0.15, -0.1) is 0 Å². The second-order valence-corrected chi connectivity index (χ2v) is 8.19. The van der Waals surface area contributed by atoms with Crippen LogP contribution in [0.4, 0.5) is 5.13 Å². The SMILES string of the molecule is CCC(=O)c1cccc(S(=O)(=O)Nc2nc3ccc(Cl)cc3s2)c1. The van der Waals surface area contributed by atoms with Gasteiger partial charge in [-0.3, -0.25) is 9.52 Å². The first-order chi connectivity index (χ1) is 11.4. The fourth-order valence-electron chi connectivity index (χ4n) is 2.16. The molecule has 3 aromatic rings. The van der Waals surface area contributed by atoms with Crippen molar-refractivity contribution in [3.05, 3.63) is 53.1 Å². The fraction of sp³-hybridized carbons (Fsp3) is 0.125. The maximum absolute atomic E-state index is 12.5. The number of ketones is 1. The zero-order valence-electron chi connectivity index (χ0n) is 12.6.